The van der Waals surface area contributed by atoms with Gasteiger partial charge in [-0.05, 0) is 48.4 Å². The minimum absolute atomic E-state index is 0.411. The van der Waals surface area contributed by atoms with E-state index in [1.54, 1.807) is 24.4 Å². The molecule has 0 bridgehead atoms. The summed E-state index contributed by atoms with van der Waals surface area (Å²) in [4.78, 5) is 16.3. The molecular formula is C23H19NO2. The number of aliphatic imine (C=N–C) groups is 1. The Labute approximate surface area is 153 Å². The van der Waals surface area contributed by atoms with Crippen molar-refractivity contribution >= 4 is 23.9 Å². The van der Waals surface area contributed by atoms with E-state index in [1.807, 2.05) is 73.7 Å². The number of carbonyl (C=O) groups is 1. The first kappa shape index (κ1) is 17.4. The molecule has 3 aromatic carbocycles. The molecule has 26 heavy (non-hydrogen) atoms. The molecule has 0 aliphatic carbocycles. The van der Waals surface area contributed by atoms with Gasteiger partial charge in [0.2, 0.25) is 0 Å². The molecule has 0 saturated heterocycles. The lowest BCUT2D eigenvalue weighted by atomic mass is 10.1. The van der Waals surface area contributed by atoms with Gasteiger partial charge in [0.05, 0.1) is 5.69 Å². The second kappa shape index (κ2) is 8.58. The smallest absolute Gasteiger partial charge is 0.336 e. The molecule has 0 fully saturated rings. The highest BCUT2D eigenvalue weighted by atomic mass is 16.5. The van der Waals surface area contributed by atoms with Crippen molar-refractivity contribution in [2.45, 2.75) is 6.92 Å². The SMILES string of the molecule is Cc1ccc(/C=C/C(=O)Oc2ccc(/N=C/c3ccccc3)cc2)cc1. The molecule has 0 aliphatic heterocycles. The van der Waals surface area contributed by atoms with E-state index in [-0.39, 0.29) is 0 Å². The summed E-state index contributed by atoms with van der Waals surface area (Å²) >= 11 is 0. The first-order valence-corrected chi connectivity index (χ1v) is 8.35. The topological polar surface area (TPSA) is 38.7 Å². The van der Waals surface area contributed by atoms with Gasteiger partial charge in [-0.15, -0.1) is 0 Å². The standard InChI is InChI=1S/C23H19NO2/c1-18-7-9-19(10-8-18)11-16-23(25)26-22-14-12-21(13-15-22)24-17-20-5-3-2-4-6-20/h2-17H,1H3/b16-11+,24-17+. The predicted molar refractivity (Wildman–Crippen MR) is 106 cm³/mol. The molecule has 0 atom stereocenters. The van der Waals surface area contributed by atoms with Gasteiger partial charge in [0.25, 0.3) is 0 Å². The number of hydrogen-bond acceptors (Lipinski definition) is 3. The van der Waals surface area contributed by atoms with Crippen LogP contribution in [0.25, 0.3) is 6.08 Å². The van der Waals surface area contributed by atoms with E-state index in [1.165, 1.54) is 11.6 Å². The van der Waals surface area contributed by atoms with Crippen LogP contribution in [-0.2, 0) is 4.79 Å². The summed E-state index contributed by atoms with van der Waals surface area (Å²) in [6.07, 6.45) is 4.96. The van der Waals surface area contributed by atoms with Gasteiger partial charge in [-0.25, -0.2) is 4.79 Å². The highest BCUT2D eigenvalue weighted by Gasteiger charge is 2.00. The first-order valence-electron chi connectivity index (χ1n) is 8.35. The van der Waals surface area contributed by atoms with E-state index < -0.39 is 5.97 Å². The van der Waals surface area contributed by atoms with Crippen LogP contribution in [-0.4, -0.2) is 12.2 Å². The fourth-order valence-electron chi connectivity index (χ4n) is 2.28. The zero-order valence-corrected chi connectivity index (χ0v) is 14.5. The summed E-state index contributed by atoms with van der Waals surface area (Å²) in [5.41, 5.74) is 3.96. The maximum absolute atomic E-state index is 11.9. The van der Waals surface area contributed by atoms with Crippen molar-refractivity contribution in [3.8, 4) is 5.75 Å². The number of nitrogens with zero attached hydrogens (tertiary/aromatic N) is 1. The van der Waals surface area contributed by atoms with Crippen LogP contribution in [0.4, 0.5) is 5.69 Å². The van der Waals surface area contributed by atoms with Gasteiger partial charge < -0.3 is 4.74 Å². The Kier molecular flexibility index (Phi) is 5.73. The maximum atomic E-state index is 11.9. The third-order valence-electron chi connectivity index (χ3n) is 3.71. The Morgan fingerprint density at radius 2 is 1.54 bits per heavy atom. The van der Waals surface area contributed by atoms with E-state index >= 15 is 0 Å². The fourth-order valence-corrected chi connectivity index (χ4v) is 2.28. The third-order valence-corrected chi connectivity index (χ3v) is 3.71. The molecular weight excluding hydrogens is 322 g/mol. The lowest BCUT2D eigenvalue weighted by molar-refractivity contribution is -0.128. The average Bonchev–Trinajstić information content (AvgIpc) is 2.68. The molecule has 128 valence electrons. The van der Waals surface area contributed by atoms with Crippen molar-refractivity contribution in [1.82, 2.24) is 0 Å². The van der Waals surface area contributed by atoms with Gasteiger partial charge in [-0.3, -0.25) is 4.99 Å². The first-order chi connectivity index (χ1) is 12.7. The van der Waals surface area contributed by atoms with E-state index in [4.69, 9.17) is 4.74 Å². The van der Waals surface area contributed by atoms with Crippen LogP contribution in [0, 0.1) is 6.92 Å². The summed E-state index contributed by atoms with van der Waals surface area (Å²) < 4.78 is 5.30. The molecule has 0 heterocycles. The minimum Gasteiger partial charge on any atom is -0.423 e. The zero-order valence-electron chi connectivity index (χ0n) is 14.5. The number of ether oxygens (including phenoxy) is 1. The van der Waals surface area contributed by atoms with Crippen molar-refractivity contribution in [2.75, 3.05) is 0 Å². The molecule has 3 aromatic rings. The zero-order chi connectivity index (χ0) is 18.2. The molecule has 0 N–H and O–H groups in total. The van der Waals surface area contributed by atoms with Crippen LogP contribution in [0.15, 0.2) is 89.9 Å². The van der Waals surface area contributed by atoms with E-state index in [0.29, 0.717) is 5.75 Å². The number of aryl methyl sites for hydroxylation is 1. The Hall–Kier alpha value is -3.46. The monoisotopic (exact) mass is 341 g/mol. The normalized spacial score (nSPS) is 11.1. The van der Waals surface area contributed by atoms with Crippen molar-refractivity contribution < 1.29 is 9.53 Å². The second-order valence-electron chi connectivity index (χ2n) is 5.83. The summed E-state index contributed by atoms with van der Waals surface area (Å²) in [6.45, 7) is 2.02. The van der Waals surface area contributed by atoms with Crippen LogP contribution in [0.2, 0.25) is 0 Å². The van der Waals surface area contributed by atoms with E-state index in [0.717, 1.165) is 16.8 Å². The van der Waals surface area contributed by atoms with E-state index in [2.05, 4.69) is 4.99 Å². The van der Waals surface area contributed by atoms with E-state index in [9.17, 15) is 4.79 Å². The van der Waals surface area contributed by atoms with Crippen LogP contribution >= 0.6 is 0 Å². The summed E-state index contributed by atoms with van der Waals surface area (Å²) in [7, 11) is 0. The highest BCUT2D eigenvalue weighted by Crippen LogP contribution is 2.18. The van der Waals surface area contributed by atoms with Crippen LogP contribution in [0.1, 0.15) is 16.7 Å². The van der Waals surface area contributed by atoms with Crippen molar-refractivity contribution in [3.63, 3.8) is 0 Å². The third kappa shape index (κ3) is 5.28. The molecule has 3 rings (SSSR count). The molecule has 0 radical (unpaired) electrons. The van der Waals surface area contributed by atoms with Gasteiger partial charge in [0.15, 0.2) is 0 Å². The fraction of sp³-hybridized carbons (Fsp3) is 0.0435. The number of hydrogen-bond donors (Lipinski definition) is 0. The van der Waals surface area contributed by atoms with Crippen molar-refractivity contribution in [1.29, 1.82) is 0 Å². The van der Waals surface area contributed by atoms with Crippen molar-refractivity contribution in [3.05, 3.63) is 102 Å². The van der Waals surface area contributed by atoms with Gasteiger partial charge in [0, 0.05) is 12.3 Å². The molecule has 3 heteroatoms. The highest BCUT2D eigenvalue weighted by molar-refractivity contribution is 5.88. The maximum Gasteiger partial charge on any atom is 0.336 e. The minimum atomic E-state index is -0.411. The molecule has 3 nitrogen and oxygen atoms in total. The number of rotatable bonds is 5. The molecule has 0 unspecified atom stereocenters. The van der Waals surface area contributed by atoms with Crippen molar-refractivity contribution in [2.24, 2.45) is 4.99 Å². The summed E-state index contributed by atoms with van der Waals surface area (Å²) in [5.74, 6) is 0.0772. The summed E-state index contributed by atoms with van der Waals surface area (Å²) in [5, 5.41) is 0. The predicted octanol–water partition coefficient (Wildman–Crippen LogP) is 5.36. The summed E-state index contributed by atoms with van der Waals surface area (Å²) in [6, 6.07) is 24.9. The Bertz CT molecular complexity index is 909. The Balaban J connectivity index is 1.57. The van der Waals surface area contributed by atoms with Gasteiger partial charge in [0.1, 0.15) is 5.75 Å². The number of benzene rings is 3. The molecule has 0 aliphatic rings. The molecule has 0 saturated carbocycles. The lowest BCUT2D eigenvalue weighted by Gasteiger charge is -2.01. The quantitative estimate of drug-likeness (QED) is 0.271. The number of esters is 1. The average molecular weight is 341 g/mol. The van der Waals surface area contributed by atoms with Gasteiger partial charge in [-0.2, -0.15) is 0 Å². The molecule has 0 amide bonds. The molecule has 0 spiro atoms. The largest absolute Gasteiger partial charge is 0.423 e. The Morgan fingerprint density at radius 3 is 2.23 bits per heavy atom. The van der Waals surface area contributed by atoms with Crippen LogP contribution in [0.3, 0.4) is 0 Å². The molecule has 0 aromatic heterocycles. The van der Waals surface area contributed by atoms with Crippen LogP contribution < -0.4 is 4.74 Å². The van der Waals surface area contributed by atoms with Crippen LogP contribution in [0.5, 0.6) is 5.75 Å². The second-order valence-corrected chi connectivity index (χ2v) is 5.83. The van der Waals surface area contributed by atoms with Gasteiger partial charge >= 0.3 is 5.97 Å². The Morgan fingerprint density at radius 1 is 0.846 bits per heavy atom. The lowest BCUT2D eigenvalue weighted by Crippen LogP contribution is -2.03. The van der Waals surface area contributed by atoms with Gasteiger partial charge in [-0.1, -0.05) is 60.2 Å². The number of carbonyl (C=O) groups excluding carboxylic acids is 1.